The van der Waals surface area contributed by atoms with Gasteiger partial charge in [0, 0.05) is 45.8 Å². The van der Waals surface area contributed by atoms with Gasteiger partial charge in [0.2, 0.25) is 5.91 Å². The molecule has 1 amide bonds. The molecule has 4 nitrogen and oxygen atoms in total. The number of ether oxygens (including phenoxy) is 1. The lowest BCUT2D eigenvalue weighted by Gasteiger charge is -2.38. The van der Waals surface area contributed by atoms with Crippen molar-refractivity contribution in [2.75, 3.05) is 39.3 Å². The van der Waals surface area contributed by atoms with E-state index in [4.69, 9.17) is 4.74 Å². The Kier molecular flexibility index (Phi) is 6.35. The van der Waals surface area contributed by atoms with Crippen LogP contribution in [0.25, 0.3) is 0 Å². The molecule has 0 aromatic carbocycles. The van der Waals surface area contributed by atoms with Crippen LogP contribution in [0.3, 0.4) is 0 Å². The molecule has 0 radical (unpaired) electrons. The molecule has 2 aliphatic heterocycles. The monoisotopic (exact) mass is 322 g/mol. The fourth-order valence-electron chi connectivity index (χ4n) is 4.59. The second-order valence-electron chi connectivity index (χ2n) is 7.94. The summed E-state index contributed by atoms with van der Waals surface area (Å²) in [5.41, 5.74) is 0. The first kappa shape index (κ1) is 17.2. The summed E-state index contributed by atoms with van der Waals surface area (Å²) in [5.74, 6) is 2.01. The van der Waals surface area contributed by atoms with Crippen molar-refractivity contribution in [1.82, 2.24) is 9.80 Å². The quantitative estimate of drug-likeness (QED) is 0.780. The van der Waals surface area contributed by atoms with E-state index in [0.717, 1.165) is 57.5 Å². The Hall–Kier alpha value is -0.610. The van der Waals surface area contributed by atoms with Crippen LogP contribution in [0.15, 0.2) is 0 Å². The number of piperazine rings is 1. The number of carbonyl (C=O) groups excluding carboxylic acids is 1. The van der Waals surface area contributed by atoms with Crippen molar-refractivity contribution < 1.29 is 9.53 Å². The van der Waals surface area contributed by atoms with Gasteiger partial charge >= 0.3 is 0 Å². The van der Waals surface area contributed by atoms with Gasteiger partial charge in [0.15, 0.2) is 0 Å². The van der Waals surface area contributed by atoms with E-state index in [9.17, 15) is 4.79 Å². The zero-order valence-electron chi connectivity index (χ0n) is 14.8. The van der Waals surface area contributed by atoms with E-state index in [0.29, 0.717) is 12.0 Å². The van der Waals surface area contributed by atoms with E-state index in [1.807, 2.05) is 0 Å². The summed E-state index contributed by atoms with van der Waals surface area (Å²) >= 11 is 0. The van der Waals surface area contributed by atoms with Gasteiger partial charge in [-0.25, -0.2) is 0 Å². The molecule has 132 valence electrons. The minimum Gasteiger partial charge on any atom is -0.378 e. The Morgan fingerprint density at radius 3 is 2.48 bits per heavy atom. The van der Waals surface area contributed by atoms with Crippen LogP contribution in [0.5, 0.6) is 0 Å². The number of nitrogens with zero attached hydrogens (tertiary/aromatic N) is 2. The molecule has 0 aromatic rings. The molecule has 0 bridgehead atoms. The first-order chi connectivity index (χ1) is 11.2. The van der Waals surface area contributed by atoms with E-state index in [1.165, 1.54) is 45.1 Å². The van der Waals surface area contributed by atoms with Crippen LogP contribution in [0.2, 0.25) is 0 Å². The average molecular weight is 322 g/mol. The molecule has 3 fully saturated rings. The Labute approximate surface area is 141 Å². The molecule has 0 aromatic heterocycles. The number of hydrogen-bond acceptors (Lipinski definition) is 3. The number of amides is 1. The highest BCUT2D eigenvalue weighted by Gasteiger charge is 2.26. The molecule has 2 heterocycles. The lowest BCUT2D eigenvalue weighted by molar-refractivity contribution is -0.133. The minimum absolute atomic E-state index is 0.399. The molecule has 0 spiro atoms. The molecule has 2 atom stereocenters. The van der Waals surface area contributed by atoms with E-state index in [2.05, 4.69) is 16.7 Å². The van der Waals surface area contributed by atoms with E-state index in [1.54, 1.807) is 0 Å². The van der Waals surface area contributed by atoms with Gasteiger partial charge in [0.05, 0.1) is 6.10 Å². The fourth-order valence-corrected chi connectivity index (χ4v) is 4.59. The lowest BCUT2D eigenvalue weighted by Crippen LogP contribution is -2.50. The zero-order chi connectivity index (χ0) is 16.1. The summed E-state index contributed by atoms with van der Waals surface area (Å²) in [6.45, 7) is 8.28. The molecule has 0 N–H and O–H groups in total. The Morgan fingerprint density at radius 1 is 1.04 bits per heavy atom. The van der Waals surface area contributed by atoms with Crippen molar-refractivity contribution in [2.24, 2.45) is 11.8 Å². The highest BCUT2D eigenvalue weighted by molar-refractivity contribution is 5.76. The summed E-state index contributed by atoms with van der Waals surface area (Å²) in [6.07, 6.45) is 10.2. The lowest BCUT2D eigenvalue weighted by atomic mass is 9.95. The van der Waals surface area contributed by atoms with Crippen molar-refractivity contribution in [1.29, 1.82) is 0 Å². The van der Waals surface area contributed by atoms with Crippen molar-refractivity contribution in [2.45, 2.75) is 64.4 Å². The SMILES string of the molecule is CC1CC(CN2CCN(C(=O)CCC3CCCC3)CC2)CCO1. The maximum atomic E-state index is 12.4. The first-order valence-corrected chi connectivity index (χ1v) is 9.82. The summed E-state index contributed by atoms with van der Waals surface area (Å²) in [5, 5.41) is 0. The van der Waals surface area contributed by atoms with Crippen LogP contribution in [0.4, 0.5) is 0 Å². The number of carbonyl (C=O) groups is 1. The van der Waals surface area contributed by atoms with Crippen molar-refractivity contribution in [3.05, 3.63) is 0 Å². The maximum absolute atomic E-state index is 12.4. The Bertz CT molecular complexity index is 374. The average Bonchev–Trinajstić information content (AvgIpc) is 3.07. The summed E-state index contributed by atoms with van der Waals surface area (Å²) in [7, 11) is 0. The number of hydrogen-bond donors (Lipinski definition) is 0. The second-order valence-corrected chi connectivity index (χ2v) is 7.94. The molecule has 3 rings (SSSR count). The third kappa shape index (κ3) is 5.18. The molecule has 2 saturated heterocycles. The second kappa shape index (κ2) is 8.48. The van der Waals surface area contributed by atoms with E-state index >= 15 is 0 Å². The van der Waals surface area contributed by atoms with Crippen molar-refractivity contribution >= 4 is 5.91 Å². The van der Waals surface area contributed by atoms with Crippen molar-refractivity contribution in [3.63, 3.8) is 0 Å². The van der Waals surface area contributed by atoms with Gasteiger partial charge in [0.1, 0.15) is 0 Å². The molecular weight excluding hydrogens is 288 g/mol. The summed E-state index contributed by atoms with van der Waals surface area (Å²) < 4.78 is 5.64. The van der Waals surface area contributed by atoms with Gasteiger partial charge in [-0.05, 0) is 38.0 Å². The van der Waals surface area contributed by atoms with Gasteiger partial charge < -0.3 is 9.64 Å². The van der Waals surface area contributed by atoms with Crippen LogP contribution >= 0.6 is 0 Å². The largest absolute Gasteiger partial charge is 0.378 e. The van der Waals surface area contributed by atoms with Crippen molar-refractivity contribution in [3.8, 4) is 0 Å². The maximum Gasteiger partial charge on any atom is 0.222 e. The van der Waals surface area contributed by atoms with Crippen LogP contribution in [0.1, 0.15) is 58.3 Å². The standard InChI is InChI=1S/C19H34N2O2/c1-16-14-18(8-13-23-16)15-20-9-11-21(12-10-20)19(22)7-6-17-4-2-3-5-17/h16-18H,2-15H2,1H3. The third-order valence-corrected chi connectivity index (χ3v) is 6.08. The van der Waals surface area contributed by atoms with E-state index < -0.39 is 0 Å². The Balaban J connectivity index is 1.33. The van der Waals surface area contributed by atoms with Gasteiger partial charge in [0.25, 0.3) is 0 Å². The molecule has 1 aliphatic carbocycles. The zero-order valence-corrected chi connectivity index (χ0v) is 14.8. The van der Waals surface area contributed by atoms with Gasteiger partial charge in [-0.2, -0.15) is 0 Å². The fraction of sp³-hybridized carbons (Fsp3) is 0.947. The van der Waals surface area contributed by atoms with Gasteiger partial charge in [-0.15, -0.1) is 0 Å². The molecule has 2 unspecified atom stereocenters. The van der Waals surface area contributed by atoms with Gasteiger partial charge in [-0.1, -0.05) is 25.7 Å². The van der Waals surface area contributed by atoms with Crippen LogP contribution in [-0.4, -0.2) is 61.1 Å². The van der Waals surface area contributed by atoms with Gasteiger partial charge in [-0.3, -0.25) is 9.69 Å². The summed E-state index contributed by atoms with van der Waals surface area (Å²) in [4.78, 5) is 17.1. The molecule has 4 heteroatoms. The first-order valence-electron chi connectivity index (χ1n) is 9.82. The smallest absolute Gasteiger partial charge is 0.222 e. The minimum atomic E-state index is 0.399. The predicted molar refractivity (Wildman–Crippen MR) is 92.4 cm³/mol. The predicted octanol–water partition coefficient (Wildman–Crippen LogP) is 2.92. The summed E-state index contributed by atoms with van der Waals surface area (Å²) in [6, 6.07) is 0. The molecule has 3 aliphatic rings. The molecule has 1 saturated carbocycles. The highest BCUT2D eigenvalue weighted by Crippen LogP contribution is 2.28. The topological polar surface area (TPSA) is 32.8 Å². The third-order valence-electron chi connectivity index (χ3n) is 6.08. The van der Waals surface area contributed by atoms with Crippen LogP contribution < -0.4 is 0 Å². The van der Waals surface area contributed by atoms with Crippen LogP contribution in [-0.2, 0) is 9.53 Å². The Morgan fingerprint density at radius 2 is 1.78 bits per heavy atom. The highest BCUT2D eigenvalue weighted by atomic mass is 16.5. The molecular formula is C19H34N2O2. The number of rotatable bonds is 5. The van der Waals surface area contributed by atoms with Crippen LogP contribution in [0, 0.1) is 11.8 Å². The molecule has 23 heavy (non-hydrogen) atoms. The van der Waals surface area contributed by atoms with E-state index in [-0.39, 0.29) is 0 Å². The normalized spacial score (nSPS) is 30.7.